The van der Waals surface area contributed by atoms with Gasteiger partial charge >= 0.3 is 35.6 Å². The molecular weight excluding hydrogens is 317 g/mol. The van der Waals surface area contributed by atoms with Crippen molar-refractivity contribution in [1.82, 2.24) is 0 Å². The minimum absolute atomic E-state index is 0.255. The first-order valence-corrected chi connectivity index (χ1v) is 9.82. The zero-order valence-electron chi connectivity index (χ0n) is 10.3. The van der Waals surface area contributed by atoms with Crippen LogP contribution in [0.15, 0.2) is 53.5 Å². The Morgan fingerprint density at radius 2 is 1.74 bits per heavy atom. The van der Waals surface area contributed by atoms with E-state index < -0.39 is 17.0 Å². The molecular formula is C14H13Cl2NOTi. The SMILES string of the molecule is Cc1ccc(O)c(C=Nc2ccccc2)c1.[Cl][Ti][Cl]. The van der Waals surface area contributed by atoms with Crippen molar-refractivity contribution in [2.24, 2.45) is 4.99 Å². The van der Waals surface area contributed by atoms with Crippen molar-refractivity contribution < 1.29 is 22.1 Å². The minimum atomic E-state index is -0.556. The molecule has 0 fully saturated rings. The van der Waals surface area contributed by atoms with Gasteiger partial charge in [-0.1, -0.05) is 29.8 Å². The molecule has 2 nitrogen and oxygen atoms in total. The molecule has 0 aliphatic heterocycles. The van der Waals surface area contributed by atoms with Gasteiger partial charge in [-0.15, -0.1) is 0 Å². The Labute approximate surface area is 129 Å². The van der Waals surface area contributed by atoms with Gasteiger partial charge in [-0.3, -0.25) is 4.99 Å². The molecule has 2 aromatic carbocycles. The van der Waals surface area contributed by atoms with Crippen LogP contribution in [0.5, 0.6) is 5.75 Å². The molecule has 98 valence electrons. The van der Waals surface area contributed by atoms with Crippen LogP contribution < -0.4 is 0 Å². The summed E-state index contributed by atoms with van der Waals surface area (Å²) in [6.45, 7) is 1.99. The maximum atomic E-state index is 9.62. The molecule has 0 amide bonds. The van der Waals surface area contributed by atoms with E-state index in [4.69, 9.17) is 18.6 Å². The number of aryl methyl sites for hydroxylation is 1. The van der Waals surface area contributed by atoms with Crippen LogP contribution in [0.25, 0.3) is 0 Å². The second kappa shape index (κ2) is 9.16. The van der Waals surface area contributed by atoms with E-state index in [9.17, 15) is 5.11 Å². The van der Waals surface area contributed by atoms with E-state index >= 15 is 0 Å². The first kappa shape index (κ1) is 16.3. The predicted molar refractivity (Wildman–Crippen MR) is 78.2 cm³/mol. The third-order valence-corrected chi connectivity index (χ3v) is 2.29. The summed E-state index contributed by atoms with van der Waals surface area (Å²) in [4.78, 5) is 4.29. The Morgan fingerprint density at radius 3 is 2.37 bits per heavy atom. The summed E-state index contributed by atoms with van der Waals surface area (Å²) in [6, 6.07) is 15.1. The molecule has 2 aromatic rings. The normalized spacial score (nSPS) is 9.84. The van der Waals surface area contributed by atoms with Crippen LogP contribution in [0, 0.1) is 6.92 Å². The summed E-state index contributed by atoms with van der Waals surface area (Å²) in [6.07, 6.45) is 1.68. The van der Waals surface area contributed by atoms with Gasteiger partial charge in [0, 0.05) is 11.8 Å². The maximum absolute atomic E-state index is 9.62. The van der Waals surface area contributed by atoms with E-state index in [1.165, 1.54) is 0 Å². The molecule has 0 unspecified atom stereocenters. The standard InChI is InChI=1S/C14H13NO.2ClH.Ti/c1-11-7-8-14(16)12(9-11)10-15-13-5-3-2-4-6-13;;;/h2-10,16H,1H3;2*1H;/q;;;+2/p-2. The van der Waals surface area contributed by atoms with Crippen LogP contribution in [-0.2, 0) is 17.0 Å². The predicted octanol–water partition coefficient (Wildman–Crippen LogP) is 4.83. The van der Waals surface area contributed by atoms with E-state index in [2.05, 4.69) is 4.99 Å². The number of hydrogen-bond acceptors (Lipinski definition) is 2. The van der Waals surface area contributed by atoms with Gasteiger partial charge in [0.15, 0.2) is 0 Å². The fourth-order valence-corrected chi connectivity index (χ4v) is 1.44. The van der Waals surface area contributed by atoms with Gasteiger partial charge in [-0.25, -0.2) is 0 Å². The third-order valence-electron chi connectivity index (χ3n) is 2.29. The van der Waals surface area contributed by atoms with Crippen LogP contribution in [0.4, 0.5) is 5.69 Å². The number of nitrogens with zero attached hydrogens (tertiary/aromatic N) is 1. The first-order chi connectivity index (χ1) is 9.17. The zero-order chi connectivity index (χ0) is 14.1. The van der Waals surface area contributed by atoms with E-state index in [1.807, 2.05) is 49.4 Å². The Bertz CT molecular complexity index is 532. The summed E-state index contributed by atoms with van der Waals surface area (Å²) in [5, 5.41) is 9.62. The van der Waals surface area contributed by atoms with Gasteiger partial charge in [0.2, 0.25) is 0 Å². The fraction of sp³-hybridized carbons (Fsp3) is 0.0714. The summed E-state index contributed by atoms with van der Waals surface area (Å²) in [7, 11) is 9.78. The van der Waals surface area contributed by atoms with Crippen molar-refractivity contribution in [1.29, 1.82) is 0 Å². The van der Waals surface area contributed by atoms with Crippen LogP contribution in [-0.4, -0.2) is 11.3 Å². The Kier molecular flexibility index (Phi) is 7.84. The van der Waals surface area contributed by atoms with Gasteiger partial charge in [0.25, 0.3) is 0 Å². The number of aliphatic imine (C=N–C) groups is 1. The van der Waals surface area contributed by atoms with Crippen molar-refractivity contribution in [3.05, 3.63) is 59.7 Å². The topological polar surface area (TPSA) is 32.6 Å². The molecule has 0 heterocycles. The van der Waals surface area contributed by atoms with Crippen molar-refractivity contribution in [2.75, 3.05) is 0 Å². The Hall–Kier alpha value is -0.796. The van der Waals surface area contributed by atoms with Crippen molar-refractivity contribution in [2.45, 2.75) is 6.92 Å². The number of benzene rings is 2. The van der Waals surface area contributed by atoms with E-state index in [1.54, 1.807) is 12.3 Å². The number of phenols is 1. The third kappa shape index (κ3) is 6.26. The van der Waals surface area contributed by atoms with E-state index in [0.717, 1.165) is 16.8 Å². The molecule has 0 aromatic heterocycles. The summed E-state index contributed by atoms with van der Waals surface area (Å²) < 4.78 is 0. The van der Waals surface area contributed by atoms with Crippen LogP contribution in [0.2, 0.25) is 0 Å². The Morgan fingerprint density at radius 1 is 1.11 bits per heavy atom. The van der Waals surface area contributed by atoms with Gasteiger partial charge in [-0.2, -0.15) is 0 Å². The van der Waals surface area contributed by atoms with Crippen LogP contribution in [0.3, 0.4) is 0 Å². The van der Waals surface area contributed by atoms with E-state index in [0.29, 0.717) is 0 Å². The molecule has 2 rings (SSSR count). The van der Waals surface area contributed by atoms with Gasteiger partial charge in [-0.05, 0) is 31.2 Å². The number of halogens is 2. The first-order valence-electron chi connectivity index (χ1n) is 5.52. The molecule has 1 N–H and O–H groups in total. The number of rotatable bonds is 2. The summed E-state index contributed by atoms with van der Waals surface area (Å²) in [5.74, 6) is 0.255. The van der Waals surface area contributed by atoms with E-state index in [-0.39, 0.29) is 5.75 Å². The van der Waals surface area contributed by atoms with Crippen molar-refractivity contribution >= 4 is 30.5 Å². The Balaban J connectivity index is 0.000000550. The second-order valence-electron chi connectivity index (χ2n) is 3.73. The molecule has 0 bridgehead atoms. The zero-order valence-corrected chi connectivity index (χ0v) is 13.4. The number of hydrogen-bond donors (Lipinski definition) is 1. The fourth-order valence-electron chi connectivity index (χ4n) is 1.44. The molecule has 0 saturated heterocycles. The summed E-state index contributed by atoms with van der Waals surface area (Å²) in [5.41, 5.74) is 2.72. The van der Waals surface area contributed by atoms with Crippen LogP contribution >= 0.6 is 18.6 Å². The molecule has 5 heteroatoms. The van der Waals surface area contributed by atoms with Crippen molar-refractivity contribution in [3.8, 4) is 5.75 Å². The van der Waals surface area contributed by atoms with Gasteiger partial charge < -0.3 is 5.11 Å². The van der Waals surface area contributed by atoms with Gasteiger partial charge in [0.05, 0.1) is 5.69 Å². The number of aromatic hydroxyl groups is 1. The number of phenolic OH excluding ortho intramolecular Hbond substituents is 1. The molecule has 0 radical (unpaired) electrons. The molecule has 0 aliphatic rings. The molecule has 0 spiro atoms. The van der Waals surface area contributed by atoms with Crippen LogP contribution in [0.1, 0.15) is 11.1 Å². The molecule has 19 heavy (non-hydrogen) atoms. The molecule has 0 aliphatic carbocycles. The molecule has 0 atom stereocenters. The quantitative estimate of drug-likeness (QED) is 0.621. The molecule has 0 saturated carbocycles. The second-order valence-corrected chi connectivity index (χ2v) is 6.31. The average Bonchev–Trinajstić information content (AvgIpc) is 2.42. The van der Waals surface area contributed by atoms with Crippen molar-refractivity contribution in [3.63, 3.8) is 0 Å². The number of para-hydroxylation sites is 1. The van der Waals surface area contributed by atoms with Gasteiger partial charge in [0.1, 0.15) is 5.75 Å². The summed E-state index contributed by atoms with van der Waals surface area (Å²) >= 11 is -0.556. The monoisotopic (exact) mass is 329 g/mol. The average molecular weight is 330 g/mol.